The second-order valence-electron chi connectivity index (χ2n) is 6.38. The van der Waals surface area contributed by atoms with Crippen molar-refractivity contribution in [1.82, 2.24) is 0 Å². The molecule has 0 saturated carbocycles. The maximum absolute atomic E-state index is 13.9. The second-order valence-corrected chi connectivity index (χ2v) is 7.29. The van der Waals surface area contributed by atoms with E-state index in [1.165, 1.54) is 30.3 Å². The fraction of sp³-hybridized carbons (Fsp3) is 0. The Morgan fingerprint density at radius 3 is 2.12 bits per heavy atom. The molecule has 0 aromatic heterocycles. The molecular formula is C23H10BrF5N2O2. The van der Waals surface area contributed by atoms with Gasteiger partial charge in [0.2, 0.25) is 5.82 Å². The van der Waals surface area contributed by atoms with Gasteiger partial charge >= 0.3 is 5.97 Å². The third-order valence-corrected chi connectivity index (χ3v) is 4.73. The number of oxime groups is 1. The van der Waals surface area contributed by atoms with Gasteiger partial charge in [0.25, 0.3) is 0 Å². The molecule has 3 aromatic rings. The Balaban J connectivity index is 1.99. The van der Waals surface area contributed by atoms with Crippen molar-refractivity contribution in [3.8, 4) is 6.07 Å². The van der Waals surface area contributed by atoms with E-state index in [-0.39, 0.29) is 5.71 Å². The van der Waals surface area contributed by atoms with Gasteiger partial charge in [-0.1, -0.05) is 51.4 Å². The van der Waals surface area contributed by atoms with Crippen molar-refractivity contribution in [2.24, 2.45) is 5.16 Å². The predicted octanol–water partition coefficient (Wildman–Crippen LogP) is 6.29. The van der Waals surface area contributed by atoms with Crippen LogP contribution in [0, 0.1) is 40.4 Å². The van der Waals surface area contributed by atoms with Crippen LogP contribution in [-0.2, 0) is 4.84 Å². The zero-order valence-corrected chi connectivity index (χ0v) is 17.8. The van der Waals surface area contributed by atoms with E-state index in [9.17, 15) is 26.7 Å². The van der Waals surface area contributed by atoms with Crippen LogP contribution in [0.3, 0.4) is 0 Å². The van der Waals surface area contributed by atoms with Crippen LogP contribution in [0.5, 0.6) is 0 Å². The lowest BCUT2D eigenvalue weighted by Gasteiger charge is -2.07. The highest BCUT2D eigenvalue weighted by molar-refractivity contribution is 9.10. The molecule has 0 amide bonds. The van der Waals surface area contributed by atoms with E-state index in [0.717, 1.165) is 4.47 Å². The molecule has 0 radical (unpaired) electrons. The van der Waals surface area contributed by atoms with Gasteiger partial charge in [-0.25, -0.2) is 26.7 Å². The molecule has 0 aliphatic carbocycles. The van der Waals surface area contributed by atoms with E-state index in [1.807, 2.05) is 6.07 Å². The lowest BCUT2D eigenvalue weighted by Crippen LogP contribution is -2.14. The second kappa shape index (κ2) is 10.2. The summed E-state index contributed by atoms with van der Waals surface area (Å²) in [4.78, 5) is 16.6. The SMILES string of the molecule is N#Cc1ccc(C(/C=C/c2cccc(Br)c2)=N\OC(=O)c2c(F)c(F)c(F)c(F)c2F)cc1. The molecule has 0 spiro atoms. The molecule has 0 saturated heterocycles. The van der Waals surface area contributed by atoms with E-state index in [0.29, 0.717) is 16.7 Å². The van der Waals surface area contributed by atoms with Gasteiger partial charge in [-0.3, -0.25) is 0 Å². The summed E-state index contributed by atoms with van der Waals surface area (Å²) >= 11 is 3.31. The molecule has 0 heterocycles. The zero-order valence-electron chi connectivity index (χ0n) is 16.3. The minimum absolute atomic E-state index is 0.0308. The summed E-state index contributed by atoms with van der Waals surface area (Å²) in [5, 5.41) is 12.5. The fourth-order valence-electron chi connectivity index (χ4n) is 2.60. The average molecular weight is 521 g/mol. The van der Waals surface area contributed by atoms with Crippen LogP contribution in [0.4, 0.5) is 22.0 Å². The van der Waals surface area contributed by atoms with Crippen LogP contribution in [0.25, 0.3) is 6.08 Å². The van der Waals surface area contributed by atoms with Gasteiger partial charge in [0, 0.05) is 10.0 Å². The molecule has 0 bridgehead atoms. The van der Waals surface area contributed by atoms with Crippen LogP contribution >= 0.6 is 15.9 Å². The Hall–Kier alpha value is -3.84. The normalized spacial score (nSPS) is 11.5. The first-order chi connectivity index (χ1) is 15.7. The van der Waals surface area contributed by atoms with Crippen molar-refractivity contribution < 1.29 is 31.6 Å². The molecule has 0 aliphatic heterocycles. The van der Waals surface area contributed by atoms with Crippen LogP contribution in [0.15, 0.2) is 64.2 Å². The van der Waals surface area contributed by atoms with E-state index >= 15 is 0 Å². The molecule has 0 N–H and O–H groups in total. The molecule has 3 rings (SSSR count). The number of hydrogen-bond acceptors (Lipinski definition) is 4. The summed E-state index contributed by atoms with van der Waals surface area (Å²) < 4.78 is 68.5. The zero-order chi connectivity index (χ0) is 24.1. The third-order valence-electron chi connectivity index (χ3n) is 4.23. The van der Waals surface area contributed by atoms with E-state index in [2.05, 4.69) is 25.9 Å². The Morgan fingerprint density at radius 1 is 0.939 bits per heavy atom. The van der Waals surface area contributed by atoms with Crippen LogP contribution in [-0.4, -0.2) is 11.7 Å². The van der Waals surface area contributed by atoms with E-state index < -0.39 is 40.6 Å². The number of benzene rings is 3. The Labute approximate surface area is 192 Å². The van der Waals surface area contributed by atoms with Crippen LogP contribution in [0.1, 0.15) is 27.0 Å². The smallest absolute Gasteiger partial charge is 0.312 e. The Kier molecular flexibility index (Phi) is 7.35. The monoisotopic (exact) mass is 520 g/mol. The number of allylic oxidation sites excluding steroid dienone is 1. The summed E-state index contributed by atoms with van der Waals surface area (Å²) in [5.74, 6) is -13.5. The molecule has 0 atom stereocenters. The standard InChI is InChI=1S/C23H10BrF5N2O2/c24-15-3-1-2-12(10-15)6-9-16(14-7-4-13(11-30)5-8-14)31-33-23(32)17-18(25)20(27)22(29)21(28)19(17)26/h1-10H/b9-6+,31-16-. The van der Waals surface area contributed by atoms with Crippen molar-refractivity contribution in [3.63, 3.8) is 0 Å². The molecular weight excluding hydrogens is 511 g/mol. The van der Waals surface area contributed by atoms with Gasteiger partial charge in [-0.15, -0.1) is 0 Å². The molecule has 4 nitrogen and oxygen atoms in total. The molecule has 3 aromatic carbocycles. The van der Waals surface area contributed by atoms with Gasteiger partial charge in [0.05, 0.1) is 11.6 Å². The quantitative estimate of drug-likeness (QED) is 0.0991. The number of rotatable bonds is 5. The third kappa shape index (κ3) is 5.32. The van der Waals surface area contributed by atoms with Gasteiger partial charge in [-0.05, 0) is 35.9 Å². The maximum Gasteiger partial charge on any atom is 0.371 e. The Morgan fingerprint density at radius 2 is 1.55 bits per heavy atom. The summed E-state index contributed by atoms with van der Waals surface area (Å²) in [5.41, 5.74) is -0.434. The fourth-order valence-corrected chi connectivity index (χ4v) is 3.02. The molecule has 10 heteroatoms. The topological polar surface area (TPSA) is 62.4 Å². The highest BCUT2D eigenvalue weighted by Crippen LogP contribution is 2.24. The molecule has 0 aliphatic rings. The summed E-state index contributed by atoms with van der Waals surface area (Å²) in [6.07, 6.45) is 2.98. The first-order valence-corrected chi connectivity index (χ1v) is 9.77. The molecule has 0 fully saturated rings. The average Bonchev–Trinajstić information content (AvgIpc) is 2.82. The van der Waals surface area contributed by atoms with Crippen molar-refractivity contribution in [2.75, 3.05) is 0 Å². The van der Waals surface area contributed by atoms with E-state index in [1.54, 1.807) is 30.3 Å². The number of carbonyl (C=O) groups is 1. The van der Waals surface area contributed by atoms with Crippen LogP contribution < -0.4 is 0 Å². The van der Waals surface area contributed by atoms with Gasteiger partial charge in [-0.2, -0.15) is 5.26 Å². The first kappa shape index (κ1) is 23.8. The maximum atomic E-state index is 13.9. The predicted molar refractivity (Wildman–Crippen MR) is 113 cm³/mol. The van der Waals surface area contributed by atoms with Gasteiger partial charge in [0.15, 0.2) is 23.3 Å². The van der Waals surface area contributed by atoms with Gasteiger partial charge in [0.1, 0.15) is 11.3 Å². The van der Waals surface area contributed by atoms with E-state index in [4.69, 9.17) is 5.26 Å². The lowest BCUT2D eigenvalue weighted by molar-refractivity contribution is 0.0502. The number of nitrogens with zero attached hydrogens (tertiary/aromatic N) is 2. The van der Waals surface area contributed by atoms with Gasteiger partial charge < -0.3 is 4.84 Å². The summed E-state index contributed by atoms with van der Waals surface area (Å²) in [7, 11) is 0. The number of hydrogen-bond donors (Lipinski definition) is 0. The highest BCUT2D eigenvalue weighted by atomic mass is 79.9. The lowest BCUT2D eigenvalue weighted by atomic mass is 10.1. The van der Waals surface area contributed by atoms with Crippen molar-refractivity contribution in [1.29, 1.82) is 5.26 Å². The highest BCUT2D eigenvalue weighted by Gasteiger charge is 2.31. The molecule has 33 heavy (non-hydrogen) atoms. The van der Waals surface area contributed by atoms with Crippen molar-refractivity contribution in [3.05, 3.63) is 110 Å². The molecule has 166 valence electrons. The number of carbonyl (C=O) groups excluding carboxylic acids is 1. The minimum atomic E-state index is -2.40. The van der Waals surface area contributed by atoms with Crippen molar-refractivity contribution >= 4 is 33.7 Å². The molecule has 0 unspecified atom stereocenters. The largest absolute Gasteiger partial charge is 0.371 e. The van der Waals surface area contributed by atoms with Crippen LogP contribution in [0.2, 0.25) is 0 Å². The number of halogens is 6. The Bertz CT molecular complexity index is 1300. The summed E-state index contributed by atoms with van der Waals surface area (Å²) in [6, 6.07) is 14.8. The van der Waals surface area contributed by atoms with Crippen molar-refractivity contribution in [2.45, 2.75) is 0 Å². The first-order valence-electron chi connectivity index (χ1n) is 8.98. The summed E-state index contributed by atoms with van der Waals surface area (Å²) in [6.45, 7) is 0. The minimum Gasteiger partial charge on any atom is -0.312 e. The number of nitriles is 1.